The molecule has 2 aromatic rings. The highest BCUT2D eigenvalue weighted by Crippen LogP contribution is 2.34. The highest BCUT2D eigenvalue weighted by molar-refractivity contribution is 9.10. The van der Waals surface area contributed by atoms with Crippen molar-refractivity contribution in [2.75, 3.05) is 7.05 Å². The normalized spacial score (nSPS) is 12.7. The number of halogens is 2. The summed E-state index contributed by atoms with van der Waals surface area (Å²) < 4.78 is 1.05. The van der Waals surface area contributed by atoms with Crippen LogP contribution >= 0.6 is 38.9 Å². The molecule has 0 amide bonds. The van der Waals surface area contributed by atoms with Gasteiger partial charge in [0.25, 0.3) is 0 Å². The molecule has 0 aliphatic carbocycles. The van der Waals surface area contributed by atoms with Crippen molar-refractivity contribution in [3.05, 3.63) is 54.6 Å². The fourth-order valence-electron chi connectivity index (χ4n) is 2.15. The third kappa shape index (κ3) is 2.80. The smallest absolute Gasteiger partial charge is 0.0600 e. The number of hydrogen-bond acceptors (Lipinski definition) is 2. The minimum absolute atomic E-state index is 0.139. The molecule has 1 atom stereocenters. The van der Waals surface area contributed by atoms with Crippen molar-refractivity contribution in [3.63, 3.8) is 0 Å². The molecular formula is C14H15BrClNS. The van der Waals surface area contributed by atoms with Gasteiger partial charge in [-0.3, -0.25) is 0 Å². The fourth-order valence-corrected chi connectivity index (χ4v) is 3.72. The summed E-state index contributed by atoms with van der Waals surface area (Å²) in [6, 6.07) is 8.35. The van der Waals surface area contributed by atoms with E-state index in [-0.39, 0.29) is 6.04 Å². The van der Waals surface area contributed by atoms with Gasteiger partial charge in [-0.25, -0.2) is 0 Å². The van der Waals surface area contributed by atoms with Gasteiger partial charge in [0.1, 0.15) is 0 Å². The standard InChI is InChI=1S/C14H15BrClNS/c1-8-6-11(9(2)18-8)14(17-3)12-7-10(15)4-5-13(12)16/h4-7,14,17H,1-3H3. The summed E-state index contributed by atoms with van der Waals surface area (Å²) in [6.45, 7) is 4.29. The van der Waals surface area contributed by atoms with E-state index in [1.54, 1.807) is 0 Å². The van der Waals surface area contributed by atoms with Crippen LogP contribution in [0, 0.1) is 13.8 Å². The van der Waals surface area contributed by atoms with Crippen molar-refractivity contribution >= 4 is 38.9 Å². The molecule has 0 saturated carbocycles. The van der Waals surface area contributed by atoms with Crippen LogP contribution in [-0.2, 0) is 0 Å². The third-order valence-electron chi connectivity index (χ3n) is 2.95. The summed E-state index contributed by atoms with van der Waals surface area (Å²) in [7, 11) is 1.97. The zero-order chi connectivity index (χ0) is 13.3. The second-order valence-corrected chi connectivity index (χ2v) is 7.04. The van der Waals surface area contributed by atoms with Crippen LogP contribution in [0.1, 0.15) is 26.9 Å². The Kier molecular flexibility index (Phi) is 4.49. The van der Waals surface area contributed by atoms with Crippen LogP contribution in [0.25, 0.3) is 0 Å². The Bertz CT molecular complexity index is 565. The average Bonchev–Trinajstić information content (AvgIpc) is 2.64. The molecule has 1 unspecified atom stereocenters. The predicted octanol–water partition coefficient (Wildman–Crippen LogP) is 5.09. The SMILES string of the molecule is CNC(c1cc(Br)ccc1Cl)c1cc(C)sc1C. The topological polar surface area (TPSA) is 12.0 Å². The fraction of sp³-hybridized carbons (Fsp3) is 0.286. The van der Waals surface area contributed by atoms with Gasteiger partial charge in [0.2, 0.25) is 0 Å². The largest absolute Gasteiger partial charge is 0.309 e. The number of benzene rings is 1. The first-order chi connectivity index (χ1) is 8.52. The zero-order valence-corrected chi connectivity index (χ0v) is 13.7. The number of nitrogens with one attached hydrogen (secondary N) is 1. The molecule has 18 heavy (non-hydrogen) atoms. The molecule has 1 aromatic heterocycles. The van der Waals surface area contributed by atoms with Crippen molar-refractivity contribution in [3.8, 4) is 0 Å². The Hall–Kier alpha value is -0.350. The molecule has 0 bridgehead atoms. The van der Waals surface area contributed by atoms with E-state index in [2.05, 4.69) is 47.2 Å². The Balaban J connectivity index is 2.51. The second-order valence-electron chi connectivity index (χ2n) is 4.26. The van der Waals surface area contributed by atoms with Crippen molar-refractivity contribution < 1.29 is 0 Å². The molecule has 0 radical (unpaired) electrons. The van der Waals surface area contributed by atoms with Gasteiger partial charge in [-0.1, -0.05) is 27.5 Å². The van der Waals surface area contributed by atoms with Crippen LogP contribution in [0.2, 0.25) is 5.02 Å². The molecule has 1 aromatic carbocycles. The Morgan fingerprint density at radius 3 is 2.50 bits per heavy atom. The van der Waals surface area contributed by atoms with Crippen molar-refractivity contribution in [1.29, 1.82) is 0 Å². The maximum Gasteiger partial charge on any atom is 0.0600 e. The van der Waals surface area contributed by atoms with E-state index in [4.69, 9.17) is 11.6 Å². The van der Waals surface area contributed by atoms with Crippen LogP contribution in [0.5, 0.6) is 0 Å². The summed E-state index contributed by atoms with van der Waals surface area (Å²) >= 11 is 11.7. The maximum absolute atomic E-state index is 6.32. The van der Waals surface area contributed by atoms with Crippen LogP contribution in [-0.4, -0.2) is 7.05 Å². The van der Waals surface area contributed by atoms with Gasteiger partial charge in [-0.05, 0) is 56.3 Å². The van der Waals surface area contributed by atoms with E-state index in [0.717, 1.165) is 15.1 Å². The zero-order valence-electron chi connectivity index (χ0n) is 10.6. The van der Waals surface area contributed by atoms with Gasteiger partial charge >= 0.3 is 0 Å². The molecular weight excluding hydrogens is 330 g/mol. The third-order valence-corrected chi connectivity index (χ3v) is 4.77. The number of hydrogen-bond donors (Lipinski definition) is 1. The van der Waals surface area contributed by atoms with Gasteiger partial charge in [0.15, 0.2) is 0 Å². The highest BCUT2D eigenvalue weighted by Gasteiger charge is 2.19. The minimum Gasteiger partial charge on any atom is -0.309 e. The lowest BCUT2D eigenvalue weighted by molar-refractivity contribution is 0.690. The number of thiophene rings is 1. The second kappa shape index (κ2) is 5.74. The van der Waals surface area contributed by atoms with Crippen molar-refractivity contribution in [1.82, 2.24) is 5.32 Å². The molecule has 1 N–H and O–H groups in total. The molecule has 4 heteroatoms. The quantitative estimate of drug-likeness (QED) is 0.818. The van der Waals surface area contributed by atoms with Crippen molar-refractivity contribution in [2.24, 2.45) is 0 Å². The van der Waals surface area contributed by atoms with E-state index in [1.807, 2.05) is 30.5 Å². The first-order valence-corrected chi connectivity index (χ1v) is 7.71. The molecule has 1 nitrogen and oxygen atoms in total. The first-order valence-electron chi connectivity index (χ1n) is 5.72. The van der Waals surface area contributed by atoms with Crippen LogP contribution < -0.4 is 5.32 Å². The van der Waals surface area contributed by atoms with Crippen LogP contribution in [0.4, 0.5) is 0 Å². The average molecular weight is 345 g/mol. The molecule has 0 saturated heterocycles. The summed E-state index contributed by atoms with van der Waals surface area (Å²) in [4.78, 5) is 2.66. The summed E-state index contributed by atoms with van der Waals surface area (Å²) in [5.41, 5.74) is 2.41. The summed E-state index contributed by atoms with van der Waals surface area (Å²) in [5, 5.41) is 4.15. The monoisotopic (exact) mass is 343 g/mol. The predicted molar refractivity (Wildman–Crippen MR) is 83.8 cm³/mol. The van der Waals surface area contributed by atoms with E-state index in [9.17, 15) is 0 Å². The minimum atomic E-state index is 0.139. The van der Waals surface area contributed by atoms with Crippen LogP contribution in [0.15, 0.2) is 28.7 Å². The molecule has 0 aliphatic rings. The lowest BCUT2D eigenvalue weighted by Crippen LogP contribution is -2.18. The lowest BCUT2D eigenvalue weighted by Gasteiger charge is -2.18. The van der Waals surface area contributed by atoms with Gasteiger partial charge in [0.05, 0.1) is 6.04 Å². The van der Waals surface area contributed by atoms with E-state index < -0.39 is 0 Å². The summed E-state index contributed by atoms with van der Waals surface area (Å²) in [5.74, 6) is 0. The molecule has 0 aliphatic heterocycles. The Morgan fingerprint density at radius 1 is 1.22 bits per heavy atom. The maximum atomic E-state index is 6.32. The van der Waals surface area contributed by atoms with E-state index >= 15 is 0 Å². The summed E-state index contributed by atoms with van der Waals surface area (Å²) in [6.07, 6.45) is 0. The highest BCUT2D eigenvalue weighted by atomic mass is 79.9. The van der Waals surface area contributed by atoms with Crippen LogP contribution in [0.3, 0.4) is 0 Å². The first kappa shape index (κ1) is 14.1. The van der Waals surface area contributed by atoms with Gasteiger partial charge in [0, 0.05) is 19.2 Å². The molecule has 0 fully saturated rings. The molecule has 1 heterocycles. The molecule has 0 spiro atoms. The number of rotatable bonds is 3. The Morgan fingerprint density at radius 2 is 1.94 bits per heavy atom. The van der Waals surface area contributed by atoms with Crippen molar-refractivity contribution in [2.45, 2.75) is 19.9 Å². The lowest BCUT2D eigenvalue weighted by atomic mass is 9.99. The van der Waals surface area contributed by atoms with Gasteiger partial charge in [-0.2, -0.15) is 0 Å². The Labute approximate surface area is 125 Å². The van der Waals surface area contributed by atoms with E-state index in [0.29, 0.717) is 0 Å². The van der Waals surface area contributed by atoms with Gasteiger partial charge in [-0.15, -0.1) is 11.3 Å². The molecule has 2 rings (SSSR count). The van der Waals surface area contributed by atoms with E-state index in [1.165, 1.54) is 15.3 Å². The molecule has 96 valence electrons. The van der Waals surface area contributed by atoms with Gasteiger partial charge < -0.3 is 5.32 Å². The number of aryl methyl sites for hydroxylation is 2.